The summed E-state index contributed by atoms with van der Waals surface area (Å²) < 4.78 is 10.1. The lowest BCUT2D eigenvalue weighted by Crippen LogP contribution is -2.50. The second-order valence-electron chi connectivity index (χ2n) is 4.52. The zero-order valence-corrected chi connectivity index (χ0v) is 9.84. The molecule has 4 nitrogen and oxygen atoms in total. The Morgan fingerprint density at radius 3 is 2.93 bits per heavy atom. The Morgan fingerprint density at radius 2 is 2.40 bits per heavy atom. The number of ether oxygens (including phenoxy) is 2. The van der Waals surface area contributed by atoms with Gasteiger partial charge < -0.3 is 14.8 Å². The number of methoxy groups -OCH3 is 1. The van der Waals surface area contributed by atoms with E-state index >= 15 is 0 Å². The Bertz CT molecular complexity index is 212. The average Bonchev–Trinajstić information content (AvgIpc) is 2.26. The van der Waals surface area contributed by atoms with Crippen molar-refractivity contribution in [3.8, 4) is 0 Å². The molecule has 2 atom stereocenters. The third-order valence-corrected chi connectivity index (χ3v) is 2.88. The lowest BCUT2D eigenvalue weighted by atomic mass is 9.94. The van der Waals surface area contributed by atoms with Gasteiger partial charge in [0, 0.05) is 18.7 Å². The summed E-state index contributed by atoms with van der Waals surface area (Å²) in [6, 6.07) is 0. The second-order valence-corrected chi connectivity index (χ2v) is 4.52. The van der Waals surface area contributed by atoms with Gasteiger partial charge in [-0.15, -0.1) is 0 Å². The first-order valence-corrected chi connectivity index (χ1v) is 5.48. The fourth-order valence-corrected chi connectivity index (χ4v) is 1.76. The Labute approximate surface area is 91.3 Å². The van der Waals surface area contributed by atoms with Gasteiger partial charge in [-0.2, -0.15) is 0 Å². The summed E-state index contributed by atoms with van der Waals surface area (Å²) in [6.45, 7) is 6.22. The lowest BCUT2D eigenvalue weighted by Gasteiger charge is -2.35. The Kier molecular flexibility index (Phi) is 4.54. The third kappa shape index (κ3) is 3.80. The summed E-state index contributed by atoms with van der Waals surface area (Å²) in [5.74, 6) is -0.267. The van der Waals surface area contributed by atoms with Gasteiger partial charge in [0.2, 0.25) is 0 Å². The molecular formula is C11H21NO3. The molecule has 0 bridgehead atoms. The standard InChI is InChI=1S/C11H21NO3/c1-9(10(13)14-3)7-12-11(2)5-4-6-15-8-11/h9,12H,4-8H2,1-3H3. The van der Waals surface area contributed by atoms with Gasteiger partial charge in [0.05, 0.1) is 19.6 Å². The summed E-state index contributed by atoms with van der Waals surface area (Å²) in [5, 5.41) is 3.39. The summed E-state index contributed by atoms with van der Waals surface area (Å²) in [4.78, 5) is 11.2. The first kappa shape index (κ1) is 12.5. The minimum absolute atomic E-state index is 0.0144. The van der Waals surface area contributed by atoms with Gasteiger partial charge in [-0.1, -0.05) is 6.92 Å². The van der Waals surface area contributed by atoms with Crippen molar-refractivity contribution in [1.82, 2.24) is 5.32 Å². The Hall–Kier alpha value is -0.610. The fourth-order valence-electron chi connectivity index (χ4n) is 1.76. The monoisotopic (exact) mass is 215 g/mol. The largest absolute Gasteiger partial charge is 0.469 e. The molecule has 4 heteroatoms. The van der Waals surface area contributed by atoms with Crippen LogP contribution in [0.1, 0.15) is 26.7 Å². The van der Waals surface area contributed by atoms with E-state index in [1.807, 2.05) is 6.92 Å². The Morgan fingerprint density at radius 1 is 1.67 bits per heavy atom. The first-order chi connectivity index (χ1) is 7.07. The van der Waals surface area contributed by atoms with Gasteiger partial charge >= 0.3 is 5.97 Å². The highest BCUT2D eigenvalue weighted by atomic mass is 16.5. The van der Waals surface area contributed by atoms with Crippen molar-refractivity contribution < 1.29 is 14.3 Å². The lowest BCUT2D eigenvalue weighted by molar-refractivity contribution is -0.144. The second kappa shape index (κ2) is 5.47. The molecule has 0 spiro atoms. The maximum absolute atomic E-state index is 11.2. The van der Waals surface area contributed by atoms with Crippen molar-refractivity contribution in [2.45, 2.75) is 32.2 Å². The molecule has 1 N–H and O–H groups in total. The average molecular weight is 215 g/mol. The fraction of sp³-hybridized carbons (Fsp3) is 0.909. The quantitative estimate of drug-likeness (QED) is 0.709. The maximum Gasteiger partial charge on any atom is 0.309 e. The van der Waals surface area contributed by atoms with E-state index in [1.54, 1.807) is 0 Å². The van der Waals surface area contributed by atoms with E-state index in [0.717, 1.165) is 26.1 Å². The Balaban J connectivity index is 2.31. The molecule has 0 amide bonds. The third-order valence-electron chi connectivity index (χ3n) is 2.88. The van der Waals surface area contributed by atoms with Crippen LogP contribution in [0.4, 0.5) is 0 Å². The van der Waals surface area contributed by atoms with Crippen molar-refractivity contribution >= 4 is 5.97 Å². The van der Waals surface area contributed by atoms with Gasteiger partial charge in [0.1, 0.15) is 0 Å². The van der Waals surface area contributed by atoms with E-state index in [0.29, 0.717) is 6.54 Å². The van der Waals surface area contributed by atoms with E-state index in [-0.39, 0.29) is 17.4 Å². The molecule has 0 aromatic heterocycles. The van der Waals surface area contributed by atoms with E-state index < -0.39 is 0 Å². The van der Waals surface area contributed by atoms with Crippen molar-refractivity contribution in [3.63, 3.8) is 0 Å². The zero-order valence-electron chi connectivity index (χ0n) is 9.84. The number of carbonyl (C=O) groups excluding carboxylic acids is 1. The predicted molar refractivity (Wildman–Crippen MR) is 57.6 cm³/mol. The van der Waals surface area contributed by atoms with Gasteiger partial charge in [-0.05, 0) is 19.8 Å². The number of carbonyl (C=O) groups is 1. The van der Waals surface area contributed by atoms with E-state index in [2.05, 4.69) is 17.0 Å². The first-order valence-electron chi connectivity index (χ1n) is 5.48. The van der Waals surface area contributed by atoms with Gasteiger partial charge in [0.15, 0.2) is 0 Å². The molecule has 0 aromatic rings. The van der Waals surface area contributed by atoms with Crippen molar-refractivity contribution in [3.05, 3.63) is 0 Å². The van der Waals surface area contributed by atoms with Gasteiger partial charge in [0.25, 0.3) is 0 Å². The smallest absolute Gasteiger partial charge is 0.309 e. The van der Waals surface area contributed by atoms with Gasteiger partial charge in [-0.25, -0.2) is 0 Å². The van der Waals surface area contributed by atoms with Crippen LogP contribution < -0.4 is 5.32 Å². The number of rotatable bonds is 4. The molecular weight excluding hydrogens is 194 g/mol. The SMILES string of the molecule is COC(=O)C(C)CNC1(C)CCCOC1. The highest BCUT2D eigenvalue weighted by Gasteiger charge is 2.28. The molecule has 1 rings (SSSR count). The molecule has 0 aliphatic carbocycles. The molecule has 15 heavy (non-hydrogen) atoms. The van der Waals surface area contributed by atoms with Crippen LogP contribution in [0, 0.1) is 5.92 Å². The molecule has 0 radical (unpaired) electrons. The highest BCUT2D eigenvalue weighted by Crippen LogP contribution is 2.18. The van der Waals surface area contributed by atoms with Crippen LogP contribution in [0.25, 0.3) is 0 Å². The number of esters is 1. The van der Waals surface area contributed by atoms with Crippen LogP contribution in [0.15, 0.2) is 0 Å². The van der Waals surface area contributed by atoms with Crippen molar-refractivity contribution in [2.75, 3.05) is 26.9 Å². The van der Waals surface area contributed by atoms with Crippen LogP contribution in [0.5, 0.6) is 0 Å². The van der Waals surface area contributed by atoms with Crippen LogP contribution in [0.2, 0.25) is 0 Å². The van der Waals surface area contributed by atoms with E-state index in [4.69, 9.17) is 4.74 Å². The topological polar surface area (TPSA) is 47.6 Å². The highest BCUT2D eigenvalue weighted by molar-refractivity contribution is 5.72. The van der Waals surface area contributed by atoms with E-state index in [9.17, 15) is 4.79 Å². The summed E-state index contributed by atoms with van der Waals surface area (Å²) in [7, 11) is 1.42. The zero-order chi connectivity index (χ0) is 11.3. The van der Waals surface area contributed by atoms with Crippen molar-refractivity contribution in [2.24, 2.45) is 5.92 Å². The molecule has 0 aromatic carbocycles. The molecule has 1 aliphatic rings. The van der Waals surface area contributed by atoms with Crippen molar-refractivity contribution in [1.29, 1.82) is 0 Å². The molecule has 1 fully saturated rings. The number of hydrogen-bond donors (Lipinski definition) is 1. The molecule has 2 unspecified atom stereocenters. The summed E-state index contributed by atoms with van der Waals surface area (Å²) in [5.41, 5.74) is 0.0144. The minimum atomic E-state index is -0.164. The summed E-state index contributed by atoms with van der Waals surface area (Å²) >= 11 is 0. The number of nitrogens with one attached hydrogen (secondary N) is 1. The molecule has 1 saturated heterocycles. The molecule has 88 valence electrons. The minimum Gasteiger partial charge on any atom is -0.469 e. The van der Waals surface area contributed by atoms with Crippen LogP contribution in [0.3, 0.4) is 0 Å². The van der Waals surface area contributed by atoms with E-state index in [1.165, 1.54) is 7.11 Å². The molecule has 0 saturated carbocycles. The van der Waals surface area contributed by atoms with Crippen LogP contribution >= 0.6 is 0 Å². The number of hydrogen-bond acceptors (Lipinski definition) is 4. The van der Waals surface area contributed by atoms with Crippen LogP contribution in [-0.2, 0) is 14.3 Å². The normalized spacial score (nSPS) is 28.5. The predicted octanol–water partition coefficient (Wildman–Crippen LogP) is 0.954. The summed E-state index contributed by atoms with van der Waals surface area (Å²) in [6.07, 6.45) is 2.18. The molecule has 1 heterocycles. The van der Waals surface area contributed by atoms with Crippen LogP contribution in [-0.4, -0.2) is 38.4 Å². The maximum atomic E-state index is 11.2. The molecule has 1 aliphatic heterocycles. The van der Waals surface area contributed by atoms with Gasteiger partial charge in [-0.3, -0.25) is 4.79 Å².